The SMILES string of the molecule is CC(NCc1ccccc1CN1CCOCC1)C(=O)Nc1ccc2c(c1)OCO2. The van der Waals surface area contributed by atoms with E-state index in [9.17, 15) is 4.79 Å². The fourth-order valence-corrected chi connectivity index (χ4v) is 3.46. The largest absolute Gasteiger partial charge is 0.454 e. The summed E-state index contributed by atoms with van der Waals surface area (Å²) in [6, 6.07) is 13.4. The fourth-order valence-electron chi connectivity index (χ4n) is 3.46. The zero-order chi connectivity index (χ0) is 20.1. The summed E-state index contributed by atoms with van der Waals surface area (Å²) in [5.41, 5.74) is 3.19. The number of hydrogen-bond acceptors (Lipinski definition) is 6. The van der Waals surface area contributed by atoms with Crippen LogP contribution in [0.4, 0.5) is 5.69 Å². The van der Waals surface area contributed by atoms with Crippen LogP contribution in [0, 0.1) is 0 Å². The Balaban J connectivity index is 1.32. The number of fused-ring (bicyclic) bond motifs is 1. The molecule has 1 atom stereocenters. The Labute approximate surface area is 170 Å². The van der Waals surface area contributed by atoms with Gasteiger partial charge in [0.15, 0.2) is 11.5 Å². The van der Waals surface area contributed by atoms with Crippen LogP contribution < -0.4 is 20.1 Å². The first-order valence-corrected chi connectivity index (χ1v) is 10.00. The van der Waals surface area contributed by atoms with Crippen molar-refractivity contribution in [1.82, 2.24) is 10.2 Å². The minimum atomic E-state index is -0.336. The molecule has 0 aromatic heterocycles. The Bertz CT molecular complexity index is 852. The van der Waals surface area contributed by atoms with Crippen LogP contribution in [-0.4, -0.2) is 49.9 Å². The van der Waals surface area contributed by atoms with Crippen LogP contribution in [0.3, 0.4) is 0 Å². The summed E-state index contributed by atoms with van der Waals surface area (Å²) in [6.45, 7) is 7.11. The summed E-state index contributed by atoms with van der Waals surface area (Å²) in [5.74, 6) is 1.26. The first kappa shape index (κ1) is 19.7. The first-order valence-electron chi connectivity index (χ1n) is 10.00. The van der Waals surface area contributed by atoms with Gasteiger partial charge in [-0.1, -0.05) is 24.3 Å². The maximum Gasteiger partial charge on any atom is 0.241 e. The number of carbonyl (C=O) groups excluding carboxylic acids is 1. The van der Waals surface area contributed by atoms with E-state index in [1.54, 1.807) is 12.1 Å². The van der Waals surface area contributed by atoms with Gasteiger partial charge in [-0.05, 0) is 30.2 Å². The van der Waals surface area contributed by atoms with Gasteiger partial charge in [-0.15, -0.1) is 0 Å². The van der Waals surface area contributed by atoms with Crippen molar-refractivity contribution in [2.24, 2.45) is 0 Å². The van der Waals surface area contributed by atoms with Crippen LogP contribution in [0.25, 0.3) is 0 Å². The highest BCUT2D eigenvalue weighted by Gasteiger charge is 2.17. The van der Waals surface area contributed by atoms with E-state index in [0.717, 1.165) is 32.8 Å². The topological polar surface area (TPSA) is 72.1 Å². The average Bonchev–Trinajstić information content (AvgIpc) is 3.21. The molecule has 2 aromatic rings. The second kappa shape index (κ2) is 9.26. The molecule has 1 amide bonds. The molecule has 2 N–H and O–H groups in total. The van der Waals surface area contributed by atoms with E-state index >= 15 is 0 Å². The third kappa shape index (κ3) is 5.06. The predicted molar refractivity (Wildman–Crippen MR) is 110 cm³/mol. The molecule has 29 heavy (non-hydrogen) atoms. The lowest BCUT2D eigenvalue weighted by atomic mass is 10.1. The predicted octanol–water partition coefficient (Wildman–Crippen LogP) is 2.36. The summed E-state index contributed by atoms with van der Waals surface area (Å²) >= 11 is 0. The van der Waals surface area contributed by atoms with Gasteiger partial charge in [0.1, 0.15) is 0 Å². The second-order valence-corrected chi connectivity index (χ2v) is 7.32. The van der Waals surface area contributed by atoms with E-state index in [1.165, 1.54) is 11.1 Å². The molecule has 4 rings (SSSR count). The van der Waals surface area contributed by atoms with E-state index in [1.807, 2.05) is 19.1 Å². The van der Waals surface area contributed by atoms with Crippen molar-refractivity contribution < 1.29 is 19.0 Å². The molecular formula is C22H27N3O4. The Morgan fingerprint density at radius 3 is 2.66 bits per heavy atom. The Morgan fingerprint density at radius 2 is 1.83 bits per heavy atom. The number of benzene rings is 2. The smallest absolute Gasteiger partial charge is 0.241 e. The molecule has 7 heteroatoms. The van der Waals surface area contributed by atoms with Crippen molar-refractivity contribution in [2.75, 3.05) is 38.4 Å². The number of anilines is 1. The third-order valence-electron chi connectivity index (χ3n) is 5.25. The monoisotopic (exact) mass is 397 g/mol. The van der Waals surface area contributed by atoms with Crippen LogP contribution in [0.5, 0.6) is 11.5 Å². The molecule has 1 unspecified atom stereocenters. The number of rotatable bonds is 7. The maximum atomic E-state index is 12.6. The van der Waals surface area contributed by atoms with Crippen LogP contribution in [0.2, 0.25) is 0 Å². The molecule has 1 fully saturated rings. The molecule has 2 aromatic carbocycles. The van der Waals surface area contributed by atoms with E-state index in [0.29, 0.717) is 23.7 Å². The van der Waals surface area contributed by atoms with Crippen LogP contribution in [0.1, 0.15) is 18.1 Å². The number of nitrogens with one attached hydrogen (secondary N) is 2. The fraction of sp³-hybridized carbons (Fsp3) is 0.409. The summed E-state index contributed by atoms with van der Waals surface area (Å²) in [4.78, 5) is 15.0. The first-order chi connectivity index (χ1) is 14.2. The maximum absolute atomic E-state index is 12.6. The van der Waals surface area contributed by atoms with Crippen molar-refractivity contribution in [2.45, 2.75) is 26.1 Å². The minimum Gasteiger partial charge on any atom is -0.454 e. The highest BCUT2D eigenvalue weighted by Crippen LogP contribution is 2.34. The number of amides is 1. The molecule has 2 aliphatic rings. The molecule has 0 spiro atoms. The van der Waals surface area contributed by atoms with Gasteiger partial charge in [0.25, 0.3) is 0 Å². The lowest BCUT2D eigenvalue weighted by Crippen LogP contribution is -2.38. The number of nitrogens with zero attached hydrogens (tertiary/aromatic N) is 1. The van der Waals surface area contributed by atoms with Crippen molar-refractivity contribution in [3.63, 3.8) is 0 Å². The number of morpholine rings is 1. The lowest BCUT2D eigenvalue weighted by Gasteiger charge is -2.27. The molecule has 0 saturated carbocycles. The number of carbonyl (C=O) groups is 1. The summed E-state index contributed by atoms with van der Waals surface area (Å²) in [7, 11) is 0. The van der Waals surface area contributed by atoms with E-state index in [4.69, 9.17) is 14.2 Å². The molecule has 0 radical (unpaired) electrons. The Kier molecular flexibility index (Phi) is 6.29. The quantitative estimate of drug-likeness (QED) is 0.747. The molecule has 0 aliphatic carbocycles. The zero-order valence-electron chi connectivity index (χ0n) is 16.6. The molecular weight excluding hydrogens is 370 g/mol. The van der Waals surface area contributed by atoms with E-state index in [-0.39, 0.29) is 18.7 Å². The number of hydrogen-bond donors (Lipinski definition) is 2. The molecule has 2 heterocycles. The van der Waals surface area contributed by atoms with Crippen molar-refractivity contribution in [3.8, 4) is 11.5 Å². The van der Waals surface area contributed by atoms with Crippen molar-refractivity contribution >= 4 is 11.6 Å². The van der Waals surface area contributed by atoms with Gasteiger partial charge in [-0.3, -0.25) is 9.69 Å². The number of ether oxygens (including phenoxy) is 3. The highest BCUT2D eigenvalue weighted by molar-refractivity contribution is 5.94. The van der Waals surface area contributed by atoms with Gasteiger partial charge < -0.3 is 24.8 Å². The van der Waals surface area contributed by atoms with Crippen LogP contribution in [0.15, 0.2) is 42.5 Å². The van der Waals surface area contributed by atoms with Gasteiger partial charge in [-0.25, -0.2) is 0 Å². The summed E-state index contributed by atoms with van der Waals surface area (Å²) < 4.78 is 16.1. The van der Waals surface area contributed by atoms with Gasteiger partial charge in [0, 0.05) is 37.9 Å². The summed E-state index contributed by atoms with van der Waals surface area (Å²) in [5, 5.41) is 6.27. The highest BCUT2D eigenvalue weighted by atomic mass is 16.7. The molecule has 1 saturated heterocycles. The van der Waals surface area contributed by atoms with Gasteiger partial charge in [-0.2, -0.15) is 0 Å². The third-order valence-corrected chi connectivity index (χ3v) is 5.25. The minimum absolute atomic E-state index is 0.0884. The van der Waals surface area contributed by atoms with Crippen LogP contribution >= 0.6 is 0 Å². The molecule has 0 bridgehead atoms. The van der Waals surface area contributed by atoms with Crippen molar-refractivity contribution in [1.29, 1.82) is 0 Å². The Morgan fingerprint density at radius 1 is 1.07 bits per heavy atom. The summed E-state index contributed by atoms with van der Waals surface area (Å²) in [6.07, 6.45) is 0. The zero-order valence-corrected chi connectivity index (χ0v) is 16.6. The lowest BCUT2D eigenvalue weighted by molar-refractivity contribution is -0.117. The molecule has 2 aliphatic heterocycles. The standard InChI is InChI=1S/C22H27N3O4/c1-16(22(26)24-19-6-7-20-21(12-19)29-15-28-20)23-13-17-4-2-3-5-18(17)14-25-8-10-27-11-9-25/h2-7,12,16,23H,8-11,13-15H2,1H3,(H,24,26). The van der Waals surface area contributed by atoms with E-state index < -0.39 is 0 Å². The Hall–Kier alpha value is -2.61. The average molecular weight is 397 g/mol. The van der Waals surface area contributed by atoms with Gasteiger partial charge in [0.2, 0.25) is 12.7 Å². The van der Waals surface area contributed by atoms with Gasteiger partial charge in [0.05, 0.1) is 19.3 Å². The van der Waals surface area contributed by atoms with Crippen LogP contribution in [-0.2, 0) is 22.6 Å². The molecule has 154 valence electrons. The van der Waals surface area contributed by atoms with Gasteiger partial charge >= 0.3 is 0 Å². The van der Waals surface area contributed by atoms with E-state index in [2.05, 4.69) is 33.7 Å². The molecule has 7 nitrogen and oxygen atoms in total. The van der Waals surface area contributed by atoms with Crippen molar-refractivity contribution in [3.05, 3.63) is 53.6 Å². The second-order valence-electron chi connectivity index (χ2n) is 7.32. The normalized spacial score (nSPS) is 17.1.